The predicted molar refractivity (Wildman–Crippen MR) is 136 cm³/mol. The van der Waals surface area contributed by atoms with E-state index in [-0.39, 0.29) is 35.0 Å². The molecule has 1 aromatic carbocycles. The van der Waals surface area contributed by atoms with Crippen LogP contribution in [0.1, 0.15) is 55.1 Å². The van der Waals surface area contributed by atoms with Crippen LogP contribution in [0.2, 0.25) is 0 Å². The van der Waals surface area contributed by atoms with E-state index in [1.165, 1.54) is 0 Å². The molecule has 3 aromatic rings. The van der Waals surface area contributed by atoms with Crippen LogP contribution in [0.5, 0.6) is 5.75 Å². The first-order valence-corrected chi connectivity index (χ1v) is 12.6. The van der Waals surface area contributed by atoms with E-state index in [0.29, 0.717) is 17.1 Å². The summed E-state index contributed by atoms with van der Waals surface area (Å²) in [7, 11) is 1.59. The second-order valence-electron chi connectivity index (χ2n) is 9.91. The van der Waals surface area contributed by atoms with Gasteiger partial charge in [-0.15, -0.1) is 10.2 Å². The van der Waals surface area contributed by atoms with E-state index in [1.807, 2.05) is 35.3 Å². The molecular formula is C26H29N7O4. The molecule has 37 heavy (non-hydrogen) atoms. The first-order chi connectivity index (χ1) is 18.0. The molecule has 1 spiro atoms. The summed E-state index contributed by atoms with van der Waals surface area (Å²) in [5.74, 6) is -0.0423. The number of hydrogen-bond acceptors (Lipinski definition) is 8. The van der Waals surface area contributed by atoms with Gasteiger partial charge >= 0.3 is 0 Å². The fourth-order valence-electron chi connectivity index (χ4n) is 5.33. The van der Waals surface area contributed by atoms with E-state index in [0.717, 1.165) is 56.3 Å². The van der Waals surface area contributed by atoms with Gasteiger partial charge in [-0.05, 0) is 44.6 Å². The second kappa shape index (κ2) is 9.15. The van der Waals surface area contributed by atoms with Crippen molar-refractivity contribution in [1.29, 1.82) is 0 Å². The summed E-state index contributed by atoms with van der Waals surface area (Å²) in [5, 5.41) is 18.5. The van der Waals surface area contributed by atoms with Crippen molar-refractivity contribution in [2.24, 2.45) is 11.7 Å². The Kier molecular flexibility index (Phi) is 5.79. The zero-order valence-electron chi connectivity index (χ0n) is 20.6. The molecule has 2 aliphatic carbocycles. The molecule has 4 N–H and O–H groups in total. The number of carbonyl (C=O) groups excluding carboxylic acids is 2. The molecule has 11 heteroatoms. The number of aromatic nitrogens is 4. The van der Waals surface area contributed by atoms with Gasteiger partial charge in [0, 0.05) is 35.9 Å². The van der Waals surface area contributed by atoms with Crippen LogP contribution in [0.25, 0.3) is 11.1 Å². The fraction of sp³-hybridized carbons (Fsp3) is 0.423. The van der Waals surface area contributed by atoms with E-state index in [9.17, 15) is 9.59 Å². The van der Waals surface area contributed by atoms with Gasteiger partial charge < -0.3 is 25.8 Å². The third-order valence-electron chi connectivity index (χ3n) is 7.53. The van der Waals surface area contributed by atoms with Gasteiger partial charge in [-0.25, -0.2) is 0 Å². The molecule has 0 bridgehead atoms. The molecule has 2 saturated carbocycles. The number of carbonyl (C=O) groups is 2. The Morgan fingerprint density at radius 1 is 1.19 bits per heavy atom. The summed E-state index contributed by atoms with van der Waals surface area (Å²) in [6.45, 7) is 0.815. The number of anilines is 3. The second-order valence-corrected chi connectivity index (χ2v) is 9.91. The van der Waals surface area contributed by atoms with Crippen LogP contribution in [0.3, 0.4) is 0 Å². The van der Waals surface area contributed by atoms with Crippen molar-refractivity contribution < 1.29 is 19.1 Å². The molecule has 3 fully saturated rings. The van der Waals surface area contributed by atoms with Crippen molar-refractivity contribution in [3.05, 3.63) is 42.4 Å². The quantitative estimate of drug-likeness (QED) is 0.424. The number of benzene rings is 1. The van der Waals surface area contributed by atoms with Crippen LogP contribution in [0.4, 0.5) is 17.2 Å². The first kappa shape index (κ1) is 23.4. The minimum Gasteiger partial charge on any atom is -0.494 e. The maximum atomic E-state index is 12.2. The molecule has 3 aliphatic rings. The Hall–Kier alpha value is -3.99. The lowest BCUT2D eigenvalue weighted by atomic mass is 9.73. The highest BCUT2D eigenvalue weighted by Crippen LogP contribution is 2.51. The number of amides is 2. The van der Waals surface area contributed by atoms with Crippen LogP contribution in [-0.2, 0) is 9.53 Å². The molecule has 192 valence electrons. The van der Waals surface area contributed by atoms with Crippen molar-refractivity contribution >= 4 is 29.0 Å². The Morgan fingerprint density at radius 2 is 2.05 bits per heavy atom. The first-order valence-electron chi connectivity index (χ1n) is 12.6. The lowest BCUT2D eigenvalue weighted by Gasteiger charge is -2.45. The summed E-state index contributed by atoms with van der Waals surface area (Å²) in [5.41, 5.74) is 8.08. The monoisotopic (exact) mass is 503 g/mol. The number of hydrogen-bond donors (Lipinski definition) is 3. The lowest BCUT2D eigenvalue weighted by Crippen LogP contribution is -2.47. The number of rotatable bonds is 8. The van der Waals surface area contributed by atoms with Crippen molar-refractivity contribution in [2.75, 3.05) is 24.4 Å². The van der Waals surface area contributed by atoms with Crippen LogP contribution >= 0.6 is 0 Å². The van der Waals surface area contributed by atoms with E-state index >= 15 is 0 Å². The molecule has 0 unspecified atom stereocenters. The van der Waals surface area contributed by atoms with Gasteiger partial charge in [-0.2, -0.15) is 5.10 Å². The van der Waals surface area contributed by atoms with Crippen molar-refractivity contribution in [1.82, 2.24) is 20.0 Å². The Labute approximate surface area is 213 Å². The minimum absolute atomic E-state index is 0.00163. The third-order valence-corrected chi connectivity index (χ3v) is 7.53. The number of nitrogens with zero attached hydrogens (tertiary/aromatic N) is 4. The fourth-order valence-corrected chi connectivity index (χ4v) is 5.33. The maximum Gasteiger partial charge on any atom is 0.271 e. The van der Waals surface area contributed by atoms with E-state index in [2.05, 4.69) is 25.9 Å². The number of ether oxygens (including phenoxy) is 2. The smallest absolute Gasteiger partial charge is 0.271 e. The number of nitrogens with one attached hydrogen (secondary N) is 2. The summed E-state index contributed by atoms with van der Waals surface area (Å²) < 4.78 is 13.9. The number of para-hydroxylation sites is 1. The minimum atomic E-state index is -0.741. The van der Waals surface area contributed by atoms with Crippen LogP contribution in [0, 0.1) is 5.92 Å². The van der Waals surface area contributed by atoms with Crippen LogP contribution in [-0.4, -0.2) is 51.1 Å². The summed E-state index contributed by atoms with van der Waals surface area (Å²) >= 11 is 0. The molecule has 1 aliphatic heterocycles. The number of nitrogens with two attached hydrogens (primary N) is 1. The molecule has 2 aromatic heterocycles. The molecule has 3 heterocycles. The SMILES string of the molecule is COc1c(Nc2cc(NC(=O)C3CC3)nnc2C(N)=O)cccc1-c1cnn([C@@H]2CC[C@@]23CCCO3)c1. The zero-order chi connectivity index (χ0) is 25.6. The van der Waals surface area contributed by atoms with Gasteiger partial charge in [-0.3, -0.25) is 14.3 Å². The standard InChI is InChI=1S/C26H29N7O4/c1-36-23-17(16-13-28-33(14-16)20-8-10-26(20)9-3-11-37-26)4-2-5-18(23)29-19-12-21(30-25(35)15-6-7-15)31-32-22(19)24(27)34/h2,4-5,12-15,20H,3,6-11H2,1H3,(H2,27,34)(H2,29,30,31,35)/t20-,26+/m1/s1. The molecule has 2 amide bonds. The maximum absolute atomic E-state index is 12.2. The van der Waals surface area contributed by atoms with Gasteiger partial charge in [0.25, 0.3) is 5.91 Å². The largest absolute Gasteiger partial charge is 0.494 e. The summed E-state index contributed by atoms with van der Waals surface area (Å²) in [6, 6.07) is 7.45. The highest BCUT2D eigenvalue weighted by Gasteiger charge is 2.51. The predicted octanol–water partition coefficient (Wildman–Crippen LogP) is 3.42. The Morgan fingerprint density at radius 3 is 2.73 bits per heavy atom. The molecule has 1 saturated heterocycles. The highest BCUT2D eigenvalue weighted by molar-refractivity contribution is 5.99. The van der Waals surface area contributed by atoms with E-state index in [4.69, 9.17) is 15.2 Å². The van der Waals surface area contributed by atoms with Gasteiger partial charge in [0.05, 0.1) is 36.3 Å². The van der Waals surface area contributed by atoms with Gasteiger partial charge in [0.2, 0.25) is 5.91 Å². The van der Waals surface area contributed by atoms with Crippen molar-refractivity contribution in [3.63, 3.8) is 0 Å². The topological polar surface area (TPSA) is 146 Å². The molecular weight excluding hydrogens is 474 g/mol. The Bertz CT molecular complexity index is 1360. The van der Waals surface area contributed by atoms with Crippen LogP contribution < -0.4 is 21.1 Å². The van der Waals surface area contributed by atoms with Crippen LogP contribution in [0.15, 0.2) is 36.7 Å². The number of methoxy groups -OCH3 is 1. The van der Waals surface area contributed by atoms with E-state index < -0.39 is 5.91 Å². The molecule has 2 atom stereocenters. The average molecular weight is 504 g/mol. The molecule has 11 nitrogen and oxygen atoms in total. The third kappa shape index (κ3) is 4.29. The number of primary amides is 1. The highest BCUT2D eigenvalue weighted by atomic mass is 16.5. The lowest BCUT2D eigenvalue weighted by molar-refractivity contribution is -0.117. The molecule has 6 rings (SSSR count). The average Bonchev–Trinajstić information content (AvgIpc) is 3.40. The van der Waals surface area contributed by atoms with Gasteiger partial charge in [-0.1, -0.05) is 12.1 Å². The molecule has 0 radical (unpaired) electrons. The summed E-state index contributed by atoms with van der Waals surface area (Å²) in [4.78, 5) is 24.2. The van der Waals surface area contributed by atoms with Gasteiger partial charge in [0.15, 0.2) is 11.5 Å². The Balaban J connectivity index is 1.29. The van der Waals surface area contributed by atoms with Gasteiger partial charge in [0.1, 0.15) is 5.75 Å². The van der Waals surface area contributed by atoms with Crippen molar-refractivity contribution in [2.45, 2.75) is 50.2 Å². The van der Waals surface area contributed by atoms with Crippen molar-refractivity contribution in [3.8, 4) is 16.9 Å². The summed E-state index contributed by atoms with van der Waals surface area (Å²) in [6.07, 6.45) is 9.86. The normalized spacial score (nSPS) is 22.5. The zero-order valence-corrected chi connectivity index (χ0v) is 20.6. The van der Waals surface area contributed by atoms with E-state index in [1.54, 1.807) is 13.2 Å².